The molecular formula is C19H28F3N3O2. The van der Waals surface area contributed by atoms with E-state index in [1.807, 2.05) is 32.1 Å². The Kier molecular flexibility index (Phi) is 7.49. The molecule has 1 fully saturated rings. The van der Waals surface area contributed by atoms with Crippen LogP contribution in [-0.4, -0.2) is 70.5 Å². The molecule has 1 aromatic carbocycles. The van der Waals surface area contributed by atoms with Crippen molar-refractivity contribution in [3.05, 3.63) is 24.3 Å². The maximum Gasteiger partial charge on any atom is 0.471 e. The van der Waals surface area contributed by atoms with Gasteiger partial charge in [0, 0.05) is 44.2 Å². The Hall–Kier alpha value is -1.80. The molecule has 0 unspecified atom stereocenters. The molecule has 5 nitrogen and oxygen atoms in total. The molecule has 0 radical (unpaired) electrons. The fourth-order valence-electron chi connectivity index (χ4n) is 3.21. The van der Waals surface area contributed by atoms with E-state index in [9.17, 15) is 18.0 Å². The predicted molar refractivity (Wildman–Crippen MR) is 100 cm³/mol. The SMILES string of the molecule is CN(C)CCCN(C)c1cccc(N(C(=O)C(F)(F)F)C2CCOCC2)c1. The van der Waals surface area contributed by atoms with Crippen molar-refractivity contribution in [2.45, 2.75) is 31.5 Å². The molecule has 1 amide bonds. The van der Waals surface area contributed by atoms with E-state index < -0.39 is 18.1 Å². The number of carbonyl (C=O) groups is 1. The zero-order chi connectivity index (χ0) is 20.0. The molecule has 27 heavy (non-hydrogen) atoms. The molecule has 1 aliphatic heterocycles. The normalized spacial score (nSPS) is 15.8. The van der Waals surface area contributed by atoms with Crippen molar-refractivity contribution < 1.29 is 22.7 Å². The molecule has 0 saturated carbocycles. The van der Waals surface area contributed by atoms with E-state index in [2.05, 4.69) is 4.90 Å². The van der Waals surface area contributed by atoms with Gasteiger partial charge in [-0.2, -0.15) is 13.2 Å². The highest BCUT2D eigenvalue weighted by Crippen LogP contribution is 2.31. The second-order valence-electron chi connectivity index (χ2n) is 7.11. The van der Waals surface area contributed by atoms with Crippen molar-refractivity contribution in [3.63, 3.8) is 0 Å². The van der Waals surface area contributed by atoms with Gasteiger partial charge in [-0.3, -0.25) is 4.79 Å². The van der Waals surface area contributed by atoms with Crippen LogP contribution in [0.15, 0.2) is 24.3 Å². The highest BCUT2D eigenvalue weighted by atomic mass is 19.4. The van der Waals surface area contributed by atoms with Crippen LogP contribution in [0.4, 0.5) is 24.5 Å². The van der Waals surface area contributed by atoms with Crippen LogP contribution in [0.5, 0.6) is 0 Å². The summed E-state index contributed by atoms with van der Waals surface area (Å²) in [5.41, 5.74) is 1.07. The van der Waals surface area contributed by atoms with E-state index in [0.717, 1.165) is 30.1 Å². The van der Waals surface area contributed by atoms with E-state index in [-0.39, 0.29) is 5.69 Å². The third-order valence-corrected chi connectivity index (χ3v) is 4.66. The van der Waals surface area contributed by atoms with Gasteiger partial charge in [-0.05, 0) is 58.1 Å². The van der Waals surface area contributed by atoms with Gasteiger partial charge >= 0.3 is 12.1 Å². The molecule has 0 spiro atoms. The summed E-state index contributed by atoms with van der Waals surface area (Å²) < 4.78 is 44.9. The van der Waals surface area contributed by atoms with Crippen molar-refractivity contribution in [1.29, 1.82) is 0 Å². The van der Waals surface area contributed by atoms with Crippen molar-refractivity contribution in [3.8, 4) is 0 Å². The average molecular weight is 387 g/mol. The Bertz CT molecular complexity index is 616. The second-order valence-corrected chi connectivity index (χ2v) is 7.11. The maximum atomic E-state index is 13.2. The summed E-state index contributed by atoms with van der Waals surface area (Å²) in [6.45, 7) is 2.41. The number of hydrogen-bond donors (Lipinski definition) is 0. The molecular weight excluding hydrogens is 359 g/mol. The van der Waals surface area contributed by atoms with Gasteiger partial charge in [-0.1, -0.05) is 6.07 Å². The number of amides is 1. The fourth-order valence-corrected chi connectivity index (χ4v) is 3.21. The summed E-state index contributed by atoms with van der Waals surface area (Å²) in [6, 6.07) is 6.26. The average Bonchev–Trinajstić information content (AvgIpc) is 2.62. The second kappa shape index (κ2) is 9.41. The highest BCUT2D eigenvalue weighted by Gasteiger charge is 2.45. The van der Waals surface area contributed by atoms with Gasteiger partial charge in [-0.25, -0.2) is 0 Å². The number of anilines is 2. The Balaban J connectivity index is 2.23. The highest BCUT2D eigenvalue weighted by molar-refractivity contribution is 5.98. The van der Waals surface area contributed by atoms with E-state index in [0.29, 0.717) is 26.1 Å². The summed E-state index contributed by atoms with van der Waals surface area (Å²) >= 11 is 0. The molecule has 1 aliphatic rings. The van der Waals surface area contributed by atoms with Gasteiger partial charge in [0.15, 0.2) is 0 Å². The van der Waals surface area contributed by atoms with Crippen molar-refractivity contribution in [2.75, 3.05) is 57.2 Å². The monoisotopic (exact) mass is 387 g/mol. The van der Waals surface area contributed by atoms with E-state index in [1.165, 1.54) is 0 Å². The molecule has 152 valence electrons. The van der Waals surface area contributed by atoms with Crippen molar-refractivity contribution >= 4 is 17.3 Å². The van der Waals surface area contributed by atoms with Crippen LogP contribution in [-0.2, 0) is 9.53 Å². The Morgan fingerprint density at radius 3 is 2.33 bits per heavy atom. The largest absolute Gasteiger partial charge is 0.471 e. The molecule has 8 heteroatoms. The summed E-state index contributed by atoms with van der Waals surface area (Å²) in [7, 11) is 5.89. The van der Waals surface area contributed by atoms with Crippen LogP contribution in [0.1, 0.15) is 19.3 Å². The topological polar surface area (TPSA) is 36.0 Å². The first-order valence-electron chi connectivity index (χ1n) is 9.14. The van der Waals surface area contributed by atoms with E-state index >= 15 is 0 Å². The minimum Gasteiger partial charge on any atom is -0.381 e. The molecule has 1 aromatic rings. The number of hydrogen-bond acceptors (Lipinski definition) is 4. The quantitative estimate of drug-likeness (QED) is 0.720. The number of benzene rings is 1. The maximum absolute atomic E-state index is 13.2. The van der Waals surface area contributed by atoms with E-state index in [4.69, 9.17) is 4.74 Å². The van der Waals surface area contributed by atoms with Gasteiger partial charge in [0.25, 0.3) is 0 Å². The standard InChI is InChI=1S/C19H28F3N3O2/c1-23(2)10-5-11-24(3)16-6-4-7-17(14-16)25(18(26)19(20,21)22)15-8-12-27-13-9-15/h4,6-7,14-15H,5,8-13H2,1-3H3. The van der Waals surface area contributed by atoms with E-state index in [1.54, 1.807) is 18.2 Å². The minimum absolute atomic E-state index is 0.279. The van der Waals surface area contributed by atoms with Gasteiger partial charge in [0.05, 0.1) is 0 Å². The zero-order valence-electron chi connectivity index (χ0n) is 16.1. The van der Waals surface area contributed by atoms with Gasteiger partial charge in [-0.15, -0.1) is 0 Å². The molecule has 0 N–H and O–H groups in total. The molecule has 0 atom stereocenters. The van der Waals surface area contributed by atoms with Gasteiger partial charge in [0.2, 0.25) is 0 Å². The number of ether oxygens (including phenoxy) is 1. The summed E-state index contributed by atoms with van der Waals surface area (Å²) in [4.78, 5) is 17.1. The molecule has 0 aliphatic carbocycles. The van der Waals surface area contributed by atoms with Crippen molar-refractivity contribution in [1.82, 2.24) is 4.90 Å². The van der Waals surface area contributed by atoms with Crippen LogP contribution >= 0.6 is 0 Å². The first kappa shape index (κ1) is 21.5. The first-order valence-corrected chi connectivity index (χ1v) is 9.14. The Morgan fingerprint density at radius 1 is 1.11 bits per heavy atom. The molecule has 0 bridgehead atoms. The zero-order valence-corrected chi connectivity index (χ0v) is 16.1. The fraction of sp³-hybridized carbons (Fsp3) is 0.632. The number of alkyl halides is 3. The molecule has 1 saturated heterocycles. The molecule has 1 heterocycles. The van der Waals surface area contributed by atoms with Gasteiger partial charge < -0.3 is 19.4 Å². The first-order chi connectivity index (χ1) is 12.7. The Morgan fingerprint density at radius 2 is 1.74 bits per heavy atom. The number of rotatable bonds is 7. The van der Waals surface area contributed by atoms with Crippen LogP contribution < -0.4 is 9.80 Å². The lowest BCUT2D eigenvalue weighted by atomic mass is 10.1. The van der Waals surface area contributed by atoms with Crippen LogP contribution in [0, 0.1) is 0 Å². The molecule has 0 aromatic heterocycles. The Labute approximate surface area is 158 Å². The number of carbonyl (C=O) groups excluding carboxylic acids is 1. The summed E-state index contributed by atoms with van der Waals surface area (Å²) in [5.74, 6) is -1.82. The van der Waals surface area contributed by atoms with Crippen molar-refractivity contribution in [2.24, 2.45) is 0 Å². The third kappa shape index (κ3) is 6.10. The van der Waals surface area contributed by atoms with Crippen LogP contribution in [0.25, 0.3) is 0 Å². The van der Waals surface area contributed by atoms with Gasteiger partial charge in [0.1, 0.15) is 0 Å². The smallest absolute Gasteiger partial charge is 0.381 e. The summed E-state index contributed by atoms with van der Waals surface area (Å²) in [5, 5.41) is 0. The lowest BCUT2D eigenvalue weighted by Crippen LogP contribution is -2.49. The molecule has 2 rings (SSSR count). The third-order valence-electron chi connectivity index (χ3n) is 4.66. The number of halogens is 3. The van der Waals surface area contributed by atoms with Crippen LogP contribution in [0.2, 0.25) is 0 Å². The lowest BCUT2D eigenvalue weighted by molar-refractivity contribution is -0.171. The minimum atomic E-state index is -4.91. The summed E-state index contributed by atoms with van der Waals surface area (Å²) in [6.07, 6.45) is -3.19. The number of nitrogens with zero attached hydrogens (tertiary/aromatic N) is 3. The lowest BCUT2D eigenvalue weighted by Gasteiger charge is -2.35. The van der Waals surface area contributed by atoms with Crippen LogP contribution in [0.3, 0.4) is 0 Å². The predicted octanol–water partition coefficient (Wildman–Crippen LogP) is 3.15.